The summed E-state index contributed by atoms with van der Waals surface area (Å²) >= 11 is 0. The number of nitrogens with one attached hydrogen (secondary N) is 1. The highest BCUT2D eigenvalue weighted by Crippen LogP contribution is 2.03. The number of nitrogens with zero attached hydrogens (tertiary/aromatic N) is 1. The Morgan fingerprint density at radius 2 is 1.79 bits per heavy atom. The summed E-state index contributed by atoms with van der Waals surface area (Å²) in [4.78, 5) is 11.6. The second kappa shape index (κ2) is 5.86. The summed E-state index contributed by atoms with van der Waals surface area (Å²) in [5.74, 6) is -1.35. The fourth-order valence-electron chi connectivity index (χ4n) is 1.41. The quantitative estimate of drug-likeness (QED) is 0.669. The van der Waals surface area contributed by atoms with Crippen LogP contribution in [0.4, 0.5) is 8.78 Å². The van der Waals surface area contributed by atoms with Crippen molar-refractivity contribution in [1.82, 2.24) is 5.43 Å². The van der Waals surface area contributed by atoms with Crippen LogP contribution in [0, 0.1) is 11.6 Å². The maximum absolute atomic E-state index is 12.9. The van der Waals surface area contributed by atoms with E-state index < -0.39 is 11.7 Å². The molecule has 0 aliphatic carbocycles. The number of hydrogen-bond donors (Lipinski definition) is 1. The first-order valence-corrected chi connectivity index (χ1v) is 5.50. The van der Waals surface area contributed by atoms with Crippen LogP contribution >= 0.6 is 0 Å². The molecule has 0 saturated heterocycles. The van der Waals surface area contributed by atoms with Gasteiger partial charge in [0.1, 0.15) is 11.6 Å². The monoisotopic (exact) mass is 260 g/mol. The molecule has 0 heterocycles. The lowest BCUT2D eigenvalue weighted by atomic mass is 10.2. The van der Waals surface area contributed by atoms with Crippen LogP contribution < -0.4 is 5.43 Å². The molecule has 0 bridgehead atoms. The highest BCUT2D eigenvalue weighted by Gasteiger charge is 2.04. The minimum absolute atomic E-state index is 0.177. The lowest BCUT2D eigenvalue weighted by Crippen LogP contribution is -2.17. The van der Waals surface area contributed by atoms with Crippen molar-refractivity contribution in [2.75, 3.05) is 0 Å². The van der Waals surface area contributed by atoms with Gasteiger partial charge >= 0.3 is 0 Å². The maximum Gasteiger partial charge on any atom is 0.271 e. The van der Waals surface area contributed by atoms with E-state index in [0.29, 0.717) is 5.56 Å². The van der Waals surface area contributed by atoms with Gasteiger partial charge in [-0.1, -0.05) is 18.2 Å². The Labute approximate surface area is 108 Å². The molecule has 96 valence electrons. The Kier molecular flexibility index (Phi) is 3.97. The third kappa shape index (κ3) is 3.70. The second-order valence-corrected chi connectivity index (χ2v) is 3.76. The molecule has 2 aromatic rings. The highest BCUT2D eigenvalue weighted by atomic mass is 19.1. The first-order chi connectivity index (χ1) is 9.15. The van der Waals surface area contributed by atoms with Gasteiger partial charge in [0, 0.05) is 5.56 Å². The fraction of sp³-hybridized carbons (Fsp3) is 0. The van der Waals surface area contributed by atoms with E-state index in [-0.39, 0.29) is 11.4 Å². The van der Waals surface area contributed by atoms with Gasteiger partial charge in [0.05, 0.1) is 6.21 Å². The molecular weight excluding hydrogens is 250 g/mol. The number of benzene rings is 2. The van der Waals surface area contributed by atoms with Gasteiger partial charge < -0.3 is 0 Å². The predicted molar refractivity (Wildman–Crippen MR) is 67.9 cm³/mol. The van der Waals surface area contributed by atoms with E-state index in [9.17, 15) is 13.6 Å². The highest BCUT2D eigenvalue weighted by molar-refractivity contribution is 5.94. The summed E-state index contributed by atoms with van der Waals surface area (Å²) < 4.78 is 25.5. The van der Waals surface area contributed by atoms with Crippen LogP contribution in [0.1, 0.15) is 15.9 Å². The summed E-state index contributed by atoms with van der Waals surface area (Å²) in [6, 6.07) is 10.9. The zero-order valence-electron chi connectivity index (χ0n) is 9.81. The maximum atomic E-state index is 12.9. The predicted octanol–water partition coefficient (Wildman–Crippen LogP) is 2.73. The van der Waals surface area contributed by atoms with Gasteiger partial charge in [-0.05, 0) is 35.9 Å². The normalized spacial score (nSPS) is 10.6. The van der Waals surface area contributed by atoms with Gasteiger partial charge in [0.25, 0.3) is 5.91 Å². The number of carbonyl (C=O) groups excluding carboxylic acids is 1. The third-order valence-corrected chi connectivity index (χ3v) is 2.34. The summed E-state index contributed by atoms with van der Waals surface area (Å²) in [7, 11) is 0. The van der Waals surface area contributed by atoms with E-state index in [2.05, 4.69) is 10.5 Å². The Hall–Kier alpha value is -2.56. The van der Waals surface area contributed by atoms with Gasteiger partial charge in [-0.3, -0.25) is 4.79 Å². The average molecular weight is 260 g/mol. The molecule has 2 rings (SSSR count). The van der Waals surface area contributed by atoms with Crippen LogP contribution in [0.3, 0.4) is 0 Å². The molecule has 0 radical (unpaired) electrons. The van der Waals surface area contributed by atoms with Crippen molar-refractivity contribution in [3.8, 4) is 0 Å². The minimum Gasteiger partial charge on any atom is -0.267 e. The number of amides is 1. The van der Waals surface area contributed by atoms with E-state index in [1.54, 1.807) is 0 Å². The number of hydrazone groups is 1. The molecule has 3 nitrogen and oxygen atoms in total. The molecular formula is C14H10F2N2O. The summed E-state index contributed by atoms with van der Waals surface area (Å²) in [5, 5.41) is 3.71. The molecule has 0 aliphatic heterocycles. The van der Waals surface area contributed by atoms with E-state index in [4.69, 9.17) is 0 Å². The van der Waals surface area contributed by atoms with Crippen molar-refractivity contribution < 1.29 is 13.6 Å². The van der Waals surface area contributed by atoms with Crippen molar-refractivity contribution >= 4 is 12.1 Å². The van der Waals surface area contributed by atoms with E-state index in [1.165, 1.54) is 48.7 Å². The molecule has 0 unspecified atom stereocenters. The lowest BCUT2D eigenvalue weighted by Gasteiger charge is -1.99. The average Bonchev–Trinajstić information content (AvgIpc) is 2.41. The topological polar surface area (TPSA) is 41.5 Å². The zero-order valence-corrected chi connectivity index (χ0v) is 9.81. The van der Waals surface area contributed by atoms with Crippen LogP contribution in [0.15, 0.2) is 53.6 Å². The molecule has 0 aromatic heterocycles. The lowest BCUT2D eigenvalue weighted by molar-refractivity contribution is 0.0954. The van der Waals surface area contributed by atoms with Crippen molar-refractivity contribution in [2.24, 2.45) is 5.10 Å². The number of hydrogen-bond acceptors (Lipinski definition) is 2. The van der Waals surface area contributed by atoms with E-state index >= 15 is 0 Å². The summed E-state index contributed by atoms with van der Waals surface area (Å²) in [6.07, 6.45) is 1.37. The molecule has 0 saturated carbocycles. The van der Waals surface area contributed by atoms with Crippen LogP contribution in [0.5, 0.6) is 0 Å². The van der Waals surface area contributed by atoms with Crippen LogP contribution in [-0.2, 0) is 0 Å². The van der Waals surface area contributed by atoms with Gasteiger partial charge in [-0.2, -0.15) is 5.10 Å². The third-order valence-electron chi connectivity index (χ3n) is 2.34. The van der Waals surface area contributed by atoms with Crippen LogP contribution in [0.2, 0.25) is 0 Å². The van der Waals surface area contributed by atoms with E-state index in [1.807, 2.05) is 0 Å². The fourth-order valence-corrected chi connectivity index (χ4v) is 1.41. The molecule has 0 spiro atoms. The van der Waals surface area contributed by atoms with Crippen LogP contribution in [-0.4, -0.2) is 12.1 Å². The molecule has 1 N–H and O–H groups in total. The SMILES string of the molecule is O=C(N/N=C/c1ccc(F)cc1)c1cccc(F)c1. The zero-order chi connectivity index (χ0) is 13.7. The van der Waals surface area contributed by atoms with Gasteiger partial charge in [0.15, 0.2) is 0 Å². The molecule has 0 aliphatic rings. The standard InChI is InChI=1S/C14H10F2N2O/c15-12-6-4-10(5-7-12)9-17-18-14(19)11-2-1-3-13(16)8-11/h1-9H,(H,18,19)/b17-9+. The first kappa shape index (κ1) is 12.9. The molecule has 5 heteroatoms. The van der Waals surface area contributed by atoms with Gasteiger partial charge in [-0.15, -0.1) is 0 Å². The van der Waals surface area contributed by atoms with Crippen LogP contribution in [0.25, 0.3) is 0 Å². The minimum atomic E-state index is -0.516. The smallest absolute Gasteiger partial charge is 0.267 e. The second-order valence-electron chi connectivity index (χ2n) is 3.76. The van der Waals surface area contributed by atoms with Gasteiger partial charge in [0.2, 0.25) is 0 Å². The van der Waals surface area contributed by atoms with Crippen molar-refractivity contribution in [1.29, 1.82) is 0 Å². The molecule has 0 atom stereocenters. The van der Waals surface area contributed by atoms with Crippen molar-refractivity contribution in [2.45, 2.75) is 0 Å². The Morgan fingerprint density at radius 3 is 2.47 bits per heavy atom. The van der Waals surface area contributed by atoms with E-state index in [0.717, 1.165) is 6.07 Å². The Bertz CT molecular complexity index is 609. The number of carbonyl (C=O) groups is 1. The van der Waals surface area contributed by atoms with Crippen molar-refractivity contribution in [3.63, 3.8) is 0 Å². The first-order valence-electron chi connectivity index (χ1n) is 5.50. The number of halogens is 2. The molecule has 0 fully saturated rings. The molecule has 2 aromatic carbocycles. The van der Waals surface area contributed by atoms with Gasteiger partial charge in [-0.25, -0.2) is 14.2 Å². The Balaban J connectivity index is 1.98. The summed E-state index contributed by atoms with van der Waals surface area (Å²) in [5.41, 5.74) is 3.08. The summed E-state index contributed by atoms with van der Waals surface area (Å²) in [6.45, 7) is 0. The number of rotatable bonds is 3. The molecule has 19 heavy (non-hydrogen) atoms. The molecule has 1 amide bonds. The Morgan fingerprint density at radius 1 is 1.05 bits per heavy atom. The largest absolute Gasteiger partial charge is 0.271 e. The van der Waals surface area contributed by atoms with Crippen molar-refractivity contribution in [3.05, 3.63) is 71.3 Å².